The van der Waals surface area contributed by atoms with Gasteiger partial charge in [-0.25, -0.2) is 8.42 Å². The van der Waals surface area contributed by atoms with E-state index < -0.39 is 10.0 Å². The van der Waals surface area contributed by atoms with Gasteiger partial charge in [0.1, 0.15) is 6.07 Å². The summed E-state index contributed by atoms with van der Waals surface area (Å²) >= 11 is 5.86. The van der Waals surface area contributed by atoms with Crippen LogP contribution in [0.25, 0.3) is 0 Å². The molecule has 0 aliphatic carbocycles. The van der Waals surface area contributed by atoms with E-state index in [1.54, 1.807) is 0 Å². The Hall–Kier alpha value is -0.840. The average Bonchev–Trinajstić information content (AvgIpc) is 2.39. The largest absolute Gasteiger partial charge is 0.314 e. The maximum atomic E-state index is 12.3. The lowest BCUT2D eigenvalue weighted by atomic mass is 10.2. The predicted octanol–water partition coefficient (Wildman–Crippen LogP) is 1.23. The van der Waals surface area contributed by atoms with E-state index in [1.807, 2.05) is 6.07 Å². The Morgan fingerprint density at radius 1 is 1.32 bits per heavy atom. The molecule has 1 N–H and O–H groups in total. The molecule has 1 heterocycles. The molecule has 5 nitrogen and oxygen atoms in total. The maximum Gasteiger partial charge on any atom is 0.243 e. The molecule has 1 aliphatic rings. The third kappa shape index (κ3) is 3.38. The van der Waals surface area contributed by atoms with Crippen molar-refractivity contribution in [2.75, 3.05) is 26.2 Å². The van der Waals surface area contributed by atoms with E-state index in [2.05, 4.69) is 5.32 Å². The van der Waals surface area contributed by atoms with Gasteiger partial charge in [0, 0.05) is 26.2 Å². The molecule has 1 aromatic carbocycles. The first kappa shape index (κ1) is 16.2. The van der Waals surface area contributed by atoms with Gasteiger partial charge in [-0.3, -0.25) is 0 Å². The van der Waals surface area contributed by atoms with Gasteiger partial charge in [-0.15, -0.1) is 12.4 Å². The van der Waals surface area contributed by atoms with Crippen LogP contribution in [0.1, 0.15) is 5.56 Å². The minimum atomic E-state index is -3.51. The fourth-order valence-corrected chi connectivity index (χ4v) is 3.54. The molecular formula is C11H13Cl2N3O2S. The Morgan fingerprint density at radius 2 is 1.95 bits per heavy atom. The van der Waals surface area contributed by atoms with E-state index in [9.17, 15) is 8.42 Å². The van der Waals surface area contributed by atoms with Crippen molar-refractivity contribution in [3.8, 4) is 6.07 Å². The number of nitriles is 1. The van der Waals surface area contributed by atoms with Gasteiger partial charge in [0.05, 0.1) is 15.5 Å². The fraction of sp³-hybridized carbons (Fsp3) is 0.364. The summed E-state index contributed by atoms with van der Waals surface area (Å²) in [6, 6.07) is 6.08. The molecule has 0 saturated carbocycles. The second-order valence-corrected chi connectivity index (χ2v) is 6.25. The number of hydrogen-bond donors (Lipinski definition) is 1. The first-order valence-corrected chi connectivity index (χ1v) is 7.28. The van der Waals surface area contributed by atoms with Gasteiger partial charge in [-0.2, -0.15) is 9.57 Å². The second kappa shape index (κ2) is 6.55. The number of nitrogens with one attached hydrogen (secondary N) is 1. The summed E-state index contributed by atoms with van der Waals surface area (Å²) in [6.07, 6.45) is 0. The van der Waals surface area contributed by atoms with Crippen LogP contribution in [-0.2, 0) is 10.0 Å². The van der Waals surface area contributed by atoms with Crippen molar-refractivity contribution in [2.24, 2.45) is 0 Å². The summed E-state index contributed by atoms with van der Waals surface area (Å²) in [5, 5.41) is 12.0. The van der Waals surface area contributed by atoms with Crippen molar-refractivity contribution in [3.05, 3.63) is 28.8 Å². The third-order valence-corrected chi connectivity index (χ3v) is 4.98. The molecule has 0 bridgehead atoms. The van der Waals surface area contributed by atoms with Gasteiger partial charge in [0.25, 0.3) is 0 Å². The minimum Gasteiger partial charge on any atom is -0.314 e. The van der Waals surface area contributed by atoms with Gasteiger partial charge < -0.3 is 5.32 Å². The zero-order chi connectivity index (χ0) is 13.2. The summed E-state index contributed by atoms with van der Waals surface area (Å²) in [6.45, 7) is 2.17. The molecule has 0 unspecified atom stereocenters. The number of nitrogens with zero attached hydrogens (tertiary/aromatic N) is 2. The van der Waals surface area contributed by atoms with E-state index in [0.717, 1.165) is 0 Å². The number of piperazine rings is 1. The lowest BCUT2D eigenvalue weighted by Gasteiger charge is -2.26. The first-order valence-electron chi connectivity index (χ1n) is 5.46. The molecular weight excluding hydrogens is 309 g/mol. The molecule has 19 heavy (non-hydrogen) atoms. The molecule has 1 fully saturated rings. The van der Waals surface area contributed by atoms with Crippen molar-refractivity contribution in [3.63, 3.8) is 0 Å². The van der Waals surface area contributed by atoms with Crippen LogP contribution < -0.4 is 5.32 Å². The van der Waals surface area contributed by atoms with Gasteiger partial charge in [0.15, 0.2) is 0 Å². The molecule has 8 heteroatoms. The summed E-state index contributed by atoms with van der Waals surface area (Å²) in [5.41, 5.74) is 0.274. The molecule has 0 spiro atoms. The van der Waals surface area contributed by atoms with Crippen molar-refractivity contribution >= 4 is 34.0 Å². The van der Waals surface area contributed by atoms with Crippen LogP contribution in [0.15, 0.2) is 23.1 Å². The van der Waals surface area contributed by atoms with E-state index in [1.165, 1.54) is 22.5 Å². The molecule has 0 atom stereocenters. The van der Waals surface area contributed by atoms with Crippen LogP contribution in [0, 0.1) is 11.3 Å². The van der Waals surface area contributed by atoms with E-state index in [-0.39, 0.29) is 27.9 Å². The average molecular weight is 322 g/mol. The molecule has 1 saturated heterocycles. The molecule has 2 rings (SSSR count). The van der Waals surface area contributed by atoms with E-state index in [4.69, 9.17) is 16.9 Å². The Balaban J connectivity index is 0.00000180. The van der Waals surface area contributed by atoms with Crippen LogP contribution >= 0.6 is 24.0 Å². The summed E-state index contributed by atoms with van der Waals surface area (Å²) in [4.78, 5) is 0.133. The highest BCUT2D eigenvalue weighted by Gasteiger charge is 2.26. The highest BCUT2D eigenvalue weighted by Crippen LogP contribution is 2.23. The van der Waals surface area contributed by atoms with Crippen molar-refractivity contribution in [1.29, 1.82) is 5.26 Å². The zero-order valence-electron chi connectivity index (χ0n) is 9.97. The molecule has 0 aromatic heterocycles. The monoisotopic (exact) mass is 321 g/mol. The van der Waals surface area contributed by atoms with Gasteiger partial charge >= 0.3 is 0 Å². The van der Waals surface area contributed by atoms with E-state index >= 15 is 0 Å². The van der Waals surface area contributed by atoms with Crippen molar-refractivity contribution in [1.82, 2.24) is 9.62 Å². The van der Waals surface area contributed by atoms with Crippen LogP contribution in [0.5, 0.6) is 0 Å². The van der Waals surface area contributed by atoms with Crippen molar-refractivity contribution in [2.45, 2.75) is 4.90 Å². The van der Waals surface area contributed by atoms with Crippen LogP contribution in [0.2, 0.25) is 5.02 Å². The first-order chi connectivity index (χ1) is 8.55. The Morgan fingerprint density at radius 3 is 2.47 bits per heavy atom. The van der Waals surface area contributed by atoms with E-state index in [0.29, 0.717) is 26.2 Å². The number of rotatable bonds is 2. The standard InChI is InChI=1S/C11H12ClN3O2S.ClH/c12-11-7-10(2-1-9(11)8-13)18(16,17)15-5-3-14-4-6-15;/h1-2,7,14H,3-6H2;1H. The highest BCUT2D eigenvalue weighted by molar-refractivity contribution is 7.89. The minimum absolute atomic E-state index is 0. The smallest absolute Gasteiger partial charge is 0.243 e. The third-order valence-electron chi connectivity index (χ3n) is 2.77. The molecule has 0 amide bonds. The molecule has 0 radical (unpaired) electrons. The Bertz CT molecular complexity index is 592. The lowest BCUT2D eigenvalue weighted by Crippen LogP contribution is -2.46. The number of hydrogen-bond acceptors (Lipinski definition) is 4. The Labute approximate surface area is 123 Å². The van der Waals surface area contributed by atoms with Crippen LogP contribution in [0.3, 0.4) is 0 Å². The normalized spacial score (nSPS) is 16.4. The maximum absolute atomic E-state index is 12.3. The topological polar surface area (TPSA) is 73.2 Å². The van der Waals surface area contributed by atoms with Crippen molar-refractivity contribution < 1.29 is 8.42 Å². The second-order valence-electron chi connectivity index (χ2n) is 3.91. The van der Waals surface area contributed by atoms with Gasteiger partial charge in [0.2, 0.25) is 10.0 Å². The van der Waals surface area contributed by atoms with Crippen LogP contribution in [0.4, 0.5) is 0 Å². The highest BCUT2D eigenvalue weighted by atomic mass is 35.5. The lowest BCUT2D eigenvalue weighted by molar-refractivity contribution is 0.360. The molecule has 1 aliphatic heterocycles. The Kier molecular flexibility index (Phi) is 5.59. The number of benzene rings is 1. The quantitative estimate of drug-likeness (QED) is 0.889. The van der Waals surface area contributed by atoms with Gasteiger partial charge in [-0.1, -0.05) is 11.6 Å². The fourth-order valence-electron chi connectivity index (χ4n) is 1.78. The van der Waals surface area contributed by atoms with Crippen LogP contribution in [-0.4, -0.2) is 38.9 Å². The number of sulfonamides is 1. The molecule has 1 aromatic rings. The summed E-state index contributed by atoms with van der Waals surface area (Å²) < 4.78 is 26.0. The predicted molar refractivity (Wildman–Crippen MR) is 75.0 cm³/mol. The summed E-state index contributed by atoms with van der Waals surface area (Å²) in [5.74, 6) is 0. The van der Waals surface area contributed by atoms with Gasteiger partial charge in [-0.05, 0) is 18.2 Å². The SMILES string of the molecule is Cl.N#Cc1ccc(S(=O)(=O)N2CCNCC2)cc1Cl. The zero-order valence-corrected chi connectivity index (χ0v) is 12.4. The summed E-state index contributed by atoms with van der Waals surface area (Å²) in [7, 11) is -3.51. The number of halogens is 2. The molecule has 104 valence electrons.